The van der Waals surface area contributed by atoms with E-state index in [0.717, 1.165) is 0 Å². The van der Waals surface area contributed by atoms with Crippen molar-refractivity contribution in [3.05, 3.63) is 191 Å². The van der Waals surface area contributed by atoms with Crippen molar-refractivity contribution in [2.24, 2.45) is 0 Å². The minimum Gasteiger partial charge on any atom is -0.0622 e. The highest BCUT2D eigenvalue weighted by atomic mass is 14.4. The topological polar surface area (TPSA) is 0 Å². The standard InChI is InChI=1S/C42H28/c1-3-13-27(14-4-1)35-23-29-17-7-8-18-30(29)24-38(35)42-34-22-12-10-20-32(34)37-25-36-31-19-9-11-21-33(31)41(39(36)26-40(37)42)28-15-5-2-6-16-28/h1-26,41-42H. The van der Waals surface area contributed by atoms with Crippen molar-refractivity contribution in [1.29, 1.82) is 0 Å². The van der Waals surface area contributed by atoms with Gasteiger partial charge in [-0.25, -0.2) is 0 Å². The molecule has 2 unspecified atom stereocenters. The molecule has 0 nitrogen and oxygen atoms in total. The van der Waals surface area contributed by atoms with Crippen LogP contribution in [0.25, 0.3) is 44.2 Å². The predicted octanol–water partition coefficient (Wildman–Crippen LogP) is 10.8. The van der Waals surface area contributed by atoms with Gasteiger partial charge in [-0.15, -0.1) is 0 Å². The third-order valence-electron chi connectivity index (χ3n) is 9.41. The van der Waals surface area contributed by atoms with E-state index in [2.05, 4.69) is 158 Å². The number of hydrogen-bond acceptors (Lipinski definition) is 0. The Labute approximate surface area is 246 Å². The first-order valence-electron chi connectivity index (χ1n) is 14.8. The molecule has 0 bridgehead atoms. The zero-order valence-electron chi connectivity index (χ0n) is 23.2. The van der Waals surface area contributed by atoms with Crippen LogP contribution in [-0.4, -0.2) is 0 Å². The van der Waals surface area contributed by atoms with E-state index in [4.69, 9.17) is 0 Å². The first-order valence-corrected chi connectivity index (χ1v) is 14.8. The number of hydrogen-bond donors (Lipinski definition) is 0. The van der Waals surface area contributed by atoms with E-state index in [1.54, 1.807) is 0 Å². The lowest BCUT2D eigenvalue weighted by Crippen LogP contribution is -2.04. The van der Waals surface area contributed by atoms with Crippen LogP contribution >= 0.6 is 0 Å². The molecule has 0 amide bonds. The SMILES string of the molecule is c1ccc(-c2cc3ccccc3cc2C2c3ccccc3-c3cc4c(cc32)C(c2ccccc2)c2ccccc2-4)cc1. The van der Waals surface area contributed by atoms with Crippen molar-refractivity contribution >= 4 is 10.8 Å². The summed E-state index contributed by atoms with van der Waals surface area (Å²) in [4.78, 5) is 0. The molecule has 2 atom stereocenters. The van der Waals surface area contributed by atoms with Crippen LogP contribution in [-0.2, 0) is 0 Å². The van der Waals surface area contributed by atoms with Gasteiger partial charge in [0, 0.05) is 11.8 Å². The van der Waals surface area contributed by atoms with Crippen molar-refractivity contribution < 1.29 is 0 Å². The number of fused-ring (bicyclic) bond motifs is 7. The molecule has 0 aliphatic heterocycles. The van der Waals surface area contributed by atoms with Gasteiger partial charge >= 0.3 is 0 Å². The van der Waals surface area contributed by atoms with E-state index in [0.29, 0.717) is 0 Å². The van der Waals surface area contributed by atoms with E-state index in [-0.39, 0.29) is 11.8 Å². The van der Waals surface area contributed by atoms with Gasteiger partial charge in [-0.2, -0.15) is 0 Å². The van der Waals surface area contributed by atoms with E-state index in [1.807, 2.05) is 0 Å². The molecular weight excluding hydrogens is 504 g/mol. The predicted molar refractivity (Wildman–Crippen MR) is 175 cm³/mol. The quantitative estimate of drug-likeness (QED) is 0.212. The second-order valence-corrected chi connectivity index (χ2v) is 11.6. The lowest BCUT2D eigenvalue weighted by molar-refractivity contribution is 0.984. The van der Waals surface area contributed by atoms with Gasteiger partial charge in [0.2, 0.25) is 0 Å². The Morgan fingerprint density at radius 3 is 1.48 bits per heavy atom. The minimum atomic E-state index is 0.154. The van der Waals surface area contributed by atoms with Crippen molar-refractivity contribution in [2.75, 3.05) is 0 Å². The van der Waals surface area contributed by atoms with Crippen molar-refractivity contribution in [3.63, 3.8) is 0 Å². The van der Waals surface area contributed by atoms with Gasteiger partial charge in [-0.05, 0) is 95.7 Å². The molecule has 0 heterocycles. The second-order valence-electron chi connectivity index (χ2n) is 11.6. The minimum absolute atomic E-state index is 0.154. The van der Waals surface area contributed by atoms with Crippen LogP contribution in [0, 0.1) is 0 Å². The molecule has 0 radical (unpaired) electrons. The average molecular weight is 533 g/mol. The molecule has 2 aliphatic rings. The summed E-state index contributed by atoms with van der Waals surface area (Å²) in [5.41, 5.74) is 16.4. The first kappa shape index (κ1) is 23.5. The van der Waals surface area contributed by atoms with E-state index >= 15 is 0 Å². The van der Waals surface area contributed by atoms with Crippen LogP contribution < -0.4 is 0 Å². The van der Waals surface area contributed by atoms with Gasteiger partial charge in [0.25, 0.3) is 0 Å². The molecule has 0 aromatic heterocycles. The van der Waals surface area contributed by atoms with Crippen LogP contribution in [0.1, 0.15) is 45.2 Å². The van der Waals surface area contributed by atoms with Gasteiger partial charge < -0.3 is 0 Å². The molecule has 9 rings (SSSR count). The fourth-order valence-electron chi connectivity index (χ4n) is 7.61. The maximum absolute atomic E-state index is 2.55. The maximum atomic E-state index is 2.55. The Morgan fingerprint density at radius 1 is 0.286 bits per heavy atom. The second kappa shape index (κ2) is 9.16. The fraction of sp³-hybridized carbons (Fsp3) is 0.0476. The molecule has 0 spiro atoms. The molecule has 196 valence electrons. The van der Waals surface area contributed by atoms with E-state index in [9.17, 15) is 0 Å². The van der Waals surface area contributed by atoms with Crippen LogP contribution in [0.5, 0.6) is 0 Å². The normalized spacial score (nSPS) is 16.1. The molecular formula is C42H28. The molecule has 7 aromatic rings. The zero-order chi connectivity index (χ0) is 27.6. The Kier molecular flexibility index (Phi) is 5.12. The van der Waals surface area contributed by atoms with E-state index < -0.39 is 0 Å². The summed E-state index contributed by atoms with van der Waals surface area (Å²) in [5.74, 6) is 0.388. The third kappa shape index (κ3) is 3.42. The zero-order valence-corrected chi connectivity index (χ0v) is 23.2. The Morgan fingerprint density at radius 2 is 0.786 bits per heavy atom. The van der Waals surface area contributed by atoms with Gasteiger partial charge in [0.15, 0.2) is 0 Å². The molecule has 2 aliphatic carbocycles. The monoisotopic (exact) mass is 532 g/mol. The molecule has 42 heavy (non-hydrogen) atoms. The average Bonchev–Trinajstić information content (AvgIpc) is 3.56. The summed E-state index contributed by atoms with van der Waals surface area (Å²) in [6.45, 7) is 0. The number of rotatable bonds is 3. The summed E-state index contributed by atoms with van der Waals surface area (Å²) >= 11 is 0. The highest BCUT2D eigenvalue weighted by Gasteiger charge is 2.37. The van der Waals surface area contributed by atoms with Gasteiger partial charge in [-0.1, -0.05) is 140 Å². The van der Waals surface area contributed by atoms with Crippen LogP contribution in [0.2, 0.25) is 0 Å². The summed E-state index contributed by atoms with van der Waals surface area (Å²) in [6.07, 6.45) is 0. The van der Waals surface area contributed by atoms with Crippen molar-refractivity contribution in [2.45, 2.75) is 11.8 Å². The van der Waals surface area contributed by atoms with E-state index in [1.165, 1.54) is 77.5 Å². The first-order chi connectivity index (χ1) is 20.8. The molecule has 0 N–H and O–H groups in total. The van der Waals surface area contributed by atoms with Gasteiger partial charge in [0.05, 0.1) is 0 Å². The van der Waals surface area contributed by atoms with Crippen LogP contribution in [0.15, 0.2) is 158 Å². The fourth-order valence-corrected chi connectivity index (χ4v) is 7.61. The molecule has 0 saturated heterocycles. The molecule has 0 saturated carbocycles. The van der Waals surface area contributed by atoms with Crippen molar-refractivity contribution in [1.82, 2.24) is 0 Å². The molecule has 7 aromatic carbocycles. The lowest BCUT2D eigenvalue weighted by atomic mass is 9.81. The third-order valence-corrected chi connectivity index (χ3v) is 9.41. The largest absolute Gasteiger partial charge is 0.0622 e. The maximum Gasteiger partial charge on any atom is 0.0358 e. The Hall–Kier alpha value is -5.20. The van der Waals surface area contributed by atoms with Crippen LogP contribution in [0.3, 0.4) is 0 Å². The summed E-state index contributed by atoms with van der Waals surface area (Å²) in [6, 6.07) is 58.7. The van der Waals surface area contributed by atoms with Crippen LogP contribution in [0.4, 0.5) is 0 Å². The Bertz CT molecular complexity index is 2140. The Balaban J connectivity index is 1.34. The molecule has 0 heteroatoms. The summed E-state index contributed by atoms with van der Waals surface area (Å²) < 4.78 is 0. The highest BCUT2D eigenvalue weighted by Crippen LogP contribution is 2.56. The summed E-state index contributed by atoms with van der Waals surface area (Å²) in [7, 11) is 0. The van der Waals surface area contributed by atoms with Gasteiger partial charge in [-0.3, -0.25) is 0 Å². The lowest BCUT2D eigenvalue weighted by Gasteiger charge is -2.22. The highest BCUT2D eigenvalue weighted by molar-refractivity contribution is 5.94. The molecule has 0 fully saturated rings. The summed E-state index contributed by atoms with van der Waals surface area (Å²) in [5, 5.41) is 2.56. The smallest absolute Gasteiger partial charge is 0.0358 e. The van der Waals surface area contributed by atoms with Crippen molar-refractivity contribution in [3.8, 4) is 33.4 Å². The van der Waals surface area contributed by atoms with Gasteiger partial charge in [0.1, 0.15) is 0 Å². The number of benzene rings is 7.